The summed E-state index contributed by atoms with van der Waals surface area (Å²) in [4.78, 5) is 26.5. The number of phenolic OH excluding ortho intramolecular Hbond substituents is 1. The van der Waals surface area contributed by atoms with Gasteiger partial charge in [0.05, 0.1) is 0 Å². The monoisotopic (exact) mass is 427 g/mol. The van der Waals surface area contributed by atoms with E-state index in [9.17, 15) is 14.7 Å². The number of aromatic hydroxyl groups is 1. The molecule has 0 fully saturated rings. The molecule has 0 aliphatic rings. The highest BCUT2D eigenvalue weighted by atomic mass is 32.1. The second-order valence-electron chi connectivity index (χ2n) is 8.60. The smallest absolute Gasteiger partial charge is 0.253 e. The van der Waals surface area contributed by atoms with E-state index in [1.807, 2.05) is 45.5 Å². The fourth-order valence-corrected chi connectivity index (χ4v) is 4.25. The maximum absolute atomic E-state index is 12.2. The Morgan fingerprint density at radius 1 is 1.10 bits per heavy atom. The fourth-order valence-electron chi connectivity index (χ4n) is 3.58. The molecule has 0 aliphatic heterocycles. The number of thiophene rings is 1. The molecule has 0 saturated carbocycles. The quantitative estimate of drug-likeness (QED) is 0.432. The summed E-state index contributed by atoms with van der Waals surface area (Å²) in [5.41, 5.74) is 1.64. The summed E-state index contributed by atoms with van der Waals surface area (Å²) in [6, 6.07) is 9.33. The van der Waals surface area contributed by atoms with Crippen molar-refractivity contribution >= 4 is 22.7 Å². The number of hydrogen-bond donors (Lipinski definition) is 3. The van der Waals surface area contributed by atoms with Gasteiger partial charge in [0.15, 0.2) is 0 Å². The molecular weight excluding hydrogens is 398 g/mol. The van der Waals surface area contributed by atoms with E-state index in [0.717, 1.165) is 12.0 Å². The Labute approximate surface area is 180 Å². The van der Waals surface area contributed by atoms with Crippen molar-refractivity contribution in [1.82, 2.24) is 4.90 Å². The molecule has 2 aromatic carbocycles. The van der Waals surface area contributed by atoms with Gasteiger partial charge in [-0.3, -0.25) is 9.59 Å². The van der Waals surface area contributed by atoms with Crippen LogP contribution in [0, 0.1) is 0 Å². The van der Waals surface area contributed by atoms with Gasteiger partial charge in [-0.15, -0.1) is 0 Å². The lowest BCUT2D eigenvalue weighted by Gasteiger charge is -2.30. The van der Waals surface area contributed by atoms with Crippen molar-refractivity contribution in [3.05, 3.63) is 72.7 Å². The number of nitrogens with zero attached hydrogens (tertiary/aromatic N) is 1. The van der Waals surface area contributed by atoms with Crippen LogP contribution in [-0.2, 0) is 12.8 Å². The number of hydrogen-bond acceptors (Lipinski definition) is 7. The largest absolute Gasteiger partial charge is 0.508 e. The highest BCUT2D eigenvalue weighted by Gasteiger charge is 2.28. The Morgan fingerprint density at radius 2 is 1.83 bits per heavy atom. The molecule has 0 amide bonds. The first-order chi connectivity index (χ1) is 14.2. The maximum Gasteiger partial charge on any atom is 0.253 e. The summed E-state index contributed by atoms with van der Waals surface area (Å²) in [5.74, 6) is 0.236. The Hall–Kier alpha value is -2.64. The SMILES string of the molecule is CN(C)C(CNc1c(NC(C)(C)Cc2ccsc2)c(=O)c1=O)Cc1cccc(O)c1. The van der Waals surface area contributed by atoms with Gasteiger partial charge in [-0.2, -0.15) is 11.3 Å². The molecule has 3 rings (SSSR count). The van der Waals surface area contributed by atoms with Gasteiger partial charge in [0.25, 0.3) is 10.9 Å². The molecule has 0 bridgehead atoms. The summed E-state index contributed by atoms with van der Waals surface area (Å²) in [6.45, 7) is 4.55. The molecule has 160 valence electrons. The predicted octanol–water partition coefficient (Wildman–Crippen LogP) is 3.07. The van der Waals surface area contributed by atoms with Crippen LogP contribution in [0.3, 0.4) is 0 Å². The summed E-state index contributed by atoms with van der Waals surface area (Å²) >= 11 is 1.64. The predicted molar refractivity (Wildman–Crippen MR) is 125 cm³/mol. The first-order valence-electron chi connectivity index (χ1n) is 9.97. The number of nitrogens with one attached hydrogen (secondary N) is 2. The second-order valence-corrected chi connectivity index (χ2v) is 9.38. The van der Waals surface area contributed by atoms with Gasteiger partial charge < -0.3 is 20.6 Å². The first-order valence-corrected chi connectivity index (χ1v) is 10.9. The molecule has 0 spiro atoms. The van der Waals surface area contributed by atoms with E-state index >= 15 is 0 Å². The lowest BCUT2D eigenvalue weighted by atomic mass is 9.95. The number of phenols is 1. The molecule has 1 atom stereocenters. The Balaban J connectivity index is 1.68. The number of likely N-dealkylation sites (N-methyl/N-ethyl adjacent to an activating group) is 1. The van der Waals surface area contributed by atoms with E-state index in [-0.39, 0.29) is 17.3 Å². The van der Waals surface area contributed by atoms with E-state index < -0.39 is 10.9 Å². The zero-order valence-corrected chi connectivity index (χ0v) is 18.7. The molecule has 3 N–H and O–H groups in total. The van der Waals surface area contributed by atoms with E-state index in [2.05, 4.69) is 27.0 Å². The molecule has 7 heteroatoms. The Morgan fingerprint density at radius 3 is 2.47 bits per heavy atom. The molecule has 0 radical (unpaired) electrons. The van der Waals surface area contributed by atoms with Crippen LogP contribution in [0.25, 0.3) is 0 Å². The molecule has 1 heterocycles. The van der Waals surface area contributed by atoms with E-state index in [4.69, 9.17) is 0 Å². The fraction of sp³-hybridized carbons (Fsp3) is 0.391. The highest BCUT2D eigenvalue weighted by molar-refractivity contribution is 7.07. The van der Waals surface area contributed by atoms with Gasteiger partial charge in [0, 0.05) is 18.1 Å². The zero-order valence-electron chi connectivity index (χ0n) is 17.9. The van der Waals surface area contributed by atoms with Crippen molar-refractivity contribution in [2.75, 3.05) is 31.3 Å². The summed E-state index contributed by atoms with van der Waals surface area (Å²) in [7, 11) is 3.95. The van der Waals surface area contributed by atoms with Gasteiger partial charge in [0.2, 0.25) is 0 Å². The molecule has 0 saturated heterocycles. The van der Waals surface area contributed by atoms with Gasteiger partial charge in [-0.05, 0) is 80.9 Å². The van der Waals surface area contributed by atoms with Crippen LogP contribution in [0.4, 0.5) is 11.4 Å². The highest BCUT2D eigenvalue weighted by Crippen LogP contribution is 2.24. The molecule has 3 aromatic rings. The van der Waals surface area contributed by atoms with Crippen molar-refractivity contribution < 1.29 is 5.11 Å². The average Bonchev–Trinajstić information content (AvgIpc) is 3.18. The summed E-state index contributed by atoms with van der Waals surface area (Å²) in [6.07, 6.45) is 1.46. The van der Waals surface area contributed by atoms with Gasteiger partial charge in [-0.1, -0.05) is 12.1 Å². The summed E-state index contributed by atoms with van der Waals surface area (Å²) in [5, 5.41) is 20.3. The summed E-state index contributed by atoms with van der Waals surface area (Å²) < 4.78 is 0. The van der Waals surface area contributed by atoms with Crippen LogP contribution in [0.15, 0.2) is 50.7 Å². The standard InChI is InChI=1S/C23H29N3O3S/c1-23(2,12-16-8-9-30-14-16)25-20-19(21(28)22(20)29)24-13-17(26(3)4)10-15-6-5-7-18(27)11-15/h5-9,11,14,17,24-25,27H,10,12-13H2,1-4H3. The molecule has 1 unspecified atom stereocenters. The Bertz CT molecular complexity index is 1050. The third-order valence-corrected chi connectivity index (χ3v) is 5.96. The van der Waals surface area contributed by atoms with Crippen molar-refractivity contribution in [1.29, 1.82) is 0 Å². The second kappa shape index (κ2) is 9.02. The molecule has 1 aromatic heterocycles. The van der Waals surface area contributed by atoms with E-state index in [0.29, 0.717) is 24.3 Å². The third-order valence-electron chi connectivity index (χ3n) is 5.23. The van der Waals surface area contributed by atoms with Crippen LogP contribution >= 0.6 is 11.3 Å². The van der Waals surface area contributed by atoms with Crippen molar-refractivity contribution in [3.63, 3.8) is 0 Å². The van der Waals surface area contributed by atoms with Crippen molar-refractivity contribution in [2.45, 2.75) is 38.3 Å². The molecule has 0 aliphatic carbocycles. The molecule has 6 nitrogen and oxygen atoms in total. The first kappa shape index (κ1) is 22.1. The van der Waals surface area contributed by atoms with Crippen LogP contribution in [0.5, 0.6) is 5.75 Å². The van der Waals surface area contributed by atoms with E-state index in [1.54, 1.807) is 23.5 Å². The average molecular weight is 428 g/mol. The molecule has 30 heavy (non-hydrogen) atoms. The lowest BCUT2D eigenvalue weighted by Crippen LogP contribution is -2.45. The third kappa shape index (κ3) is 5.29. The van der Waals surface area contributed by atoms with Gasteiger partial charge in [-0.25, -0.2) is 0 Å². The maximum atomic E-state index is 12.2. The number of benzene rings is 1. The van der Waals surface area contributed by atoms with Crippen LogP contribution < -0.4 is 21.5 Å². The minimum atomic E-state index is -0.473. The van der Waals surface area contributed by atoms with Gasteiger partial charge >= 0.3 is 0 Å². The Kier molecular flexibility index (Phi) is 6.63. The van der Waals surface area contributed by atoms with Crippen LogP contribution in [0.2, 0.25) is 0 Å². The number of anilines is 2. The minimum absolute atomic E-state index is 0.0860. The minimum Gasteiger partial charge on any atom is -0.508 e. The molecular formula is C23H29N3O3S. The topological polar surface area (TPSA) is 81.7 Å². The lowest BCUT2D eigenvalue weighted by molar-refractivity contribution is 0.303. The van der Waals surface area contributed by atoms with Crippen LogP contribution in [-0.4, -0.2) is 42.2 Å². The van der Waals surface area contributed by atoms with Gasteiger partial charge in [0.1, 0.15) is 17.1 Å². The van der Waals surface area contributed by atoms with Crippen LogP contribution in [0.1, 0.15) is 25.0 Å². The van der Waals surface area contributed by atoms with E-state index in [1.165, 1.54) is 5.56 Å². The number of rotatable bonds is 10. The zero-order chi connectivity index (χ0) is 21.9. The normalized spacial score (nSPS) is 13.0. The van der Waals surface area contributed by atoms with Crippen molar-refractivity contribution in [3.8, 4) is 5.75 Å². The van der Waals surface area contributed by atoms with Crippen molar-refractivity contribution in [2.24, 2.45) is 0 Å².